The molecule has 0 radical (unpaired) electrons. The molecule has 0 spiro atoms. The average molecular weight is 348 g/mol. The van der Waals surface area contributed by atoms with Crippen LogP contribution in [0.4, 0.5) is 5.69 Å². The molecule has 2 rings (SSSR count). The van der Waals surface area contributed by atoms with E-state index < -0.39 is 0 Å². The molecule has 3 heteroatoms. The molecule has 2 aromatic rings. The van der Waals surface area contributed by atoms with Crippen molar-refractivity contribution in [2.24, 2.45) is 0 Å². The number of nitrogens with zero attached hydrogens (tertiary/aromatic N) is 1. The topological polar surface area (TPSA) is 35.8 Å². The molecular weight excluding hydrogens is 335 g/mol. The maximum Gasteiger partial charge on any atom is 0.0991 e. The normalized spacial score (nSPS) is 11.6. The van der Waals surface area contributed by atoms with Crippen molar-refractivity contribution in [2.45, 2.75) is 13.0 Å². The Balaban J connectivity index is 2.20. The zero-order valence-corrected chi connectivity index (χ0v) is 12.2. The number of hydrogen-bond donors (Lipinski definition) is 1. The summed E-state index contributed by atoms with van der Waals surface area (Å²) in [4.78, 5) is 0. The molecule has 1 atom stereocenters. The van der Waals surface area contributed by atoms with Crippen molar-refractivity contribution in [3.05, 3.63) is 63.2 Å². The second kappa shape index (κ2) is 5.87. The minimum absolute atomic E-state index is 0.175. The highest BCUT2D eigenvalue weighted by molar-refractivity contribution is 14.1. The molecule has 0 aromatic heterocycles. The minimum atomic E-state index is 0.175. The van der Waals surface area contributed by atoms with E-state index in [0.29, 0.717) is 5.56 Å². The van der Waals surface area contributed by atoms with Crippen LogP contribution in [0.3, 0.4) is 0 Å². The van der Waals surface area contributed by atoms with E-state index in [1.807, 2.05) is 36.4 Å². The van der Waals surface area contributed by atoms with Crippen LogP contribution in [0.2, 0.25) is 0 Å². The summed E-state index contributed by atoms with van der Waals surface area (Å²) in [6.45, 7) is 2.10. The van der Waals surface area contributed by atoms with Crippen LogP contribution in [-0.4, -0.2) is 0 Å². The first kappa shape index (κ1) is 12.9. The predicted octanol–water partition coefficient (Wildman–Crippen LogP) is 4.34. The number of nitriles is 1. The summed E-state index contributed by atoms with van der Waals surface area (Å²) in [5.74, 6) is 0. The van der Waals surface area contributed by atoms with Crippen molar-refractivity contribution in [2.75, 3.05) is 5.32 Å². The molecule has 0 heterocycles. The van der Waals surface area contributed by atoms with E-state index in [9.17, 15) is 0 Å². The third-order valence-corrected chi connectivity index (χ3v) is 3.70. The molecule has 0 amide bonds. The molecule has 2 aromatic carbocycles. The van der Waals surface area contributed by atoms with E-state index in [-0.39, 0.29) is 6.04 Å². The van der Waals surface area contributed by atoms with Gasteiger partial charge in [0.2, 0.25) is 0 Å². The monoisotopic (exact) mass is 348 g/mol. The first-order valence-electron chi connectivity index (χ1n) is 5.72. The van der Waals surface area contributed by atoms with Gasteiger partial charge in [0.1, 0.15) is 0 Å². The molecule has 18 heavy (non-hydrogen) atoms. The fourth-order valence-electron chi connectivity index (χ4n) is 1.77. The Hall–Kier alpha value is -1.54. The van der Waals surface area contributed by atoms with Gasteiger partial charge in [-0.3, -0.25) is 0 Å². The first-order chi connectivity index (χ1) is 8.70. The lowest BCUT2D eigenvalue weighted by Gasteiger charge is -2.17. The summed E-state index contributed by atoms with van der Waals surface area (Å²) in [7, 11) is 0. The highest BCUT2D eigenvalue weighted by Gasteiger charge is 2.07. The third kappa shape index (κ3) is 3.02. The Kier molecular flexibility index (Phi) is 4.21. The molecule has 0 saturated heterocycles. The molecule has 0 aliphatic carbocycles. The van der Waals surface area contributed by atoms with Gasteiger partial charge in [-0.1, -0.05) is 24.3 Å². The summed E-state index contributed by atoms with van der Waals surface area (Å²) in [6.07, 6.45) is 0. The number of halogens is 1. The van der Waals surface area contributed by atoms with E-state index >= 15 is 0 Å². The molecule has 90 valence electrons. The van der Waals surface area contributed by atoms with Gasteiger partial charge >= 0.3 is 0 Å². The molecule has 1 N–H and O–H groups in total. The summed E-state index contributed by atoms with van der Waals surface area (Å²) in [6, 6.07) is 18.2. The minimum Gasteiger partial charge on any atom is -0.378 e. The Bertz CT molecular complexity index is 587. The van der Waals surface area contributed by atoms with Crippen LogP contribution < -0.4 is 5.32 Å². The second-order valence-electron chi connectivity index (χ2n) is 4.08. The summed E-state index contributed by atoms with van der Waals surface area (Å²) in [5.41, 5.74) is 2.94. The first-order valence-corrected chi connectivity index (χ1v) is 6.79. The number of benzene rings is 2. The van der Waals surface area contributed by atoms with Gasteiger partial charge in [0, 0.05) is 15.3 Å². The number of anilines is 1. The predicted molar refractivity (Wildman–Crippen MR) is 82.4 cm³/mol. The standard InChI is InChI=1S/C15H13IN2/c1-11(13-6-4-5-12(9-13)10-17)18-15-8-3-2-7-14(15)16/h2-9,11,18H,1H3. The lowest BCUT2D eigenvalue weighted by Crippen LogP contribution is -2.07. The fourth-order valence-corrected chi connectivity index (χ4v) is 2.32. The lowest BCUT2D eigenvalue weighted by molar-refractivity contribution is 0.883. The van der Waals surface area contributed by atoms with Gasteiger partial charge in [-0.25, -0.2) is 0 Å². The van der Waals surface area contributed by atoms with Gasteiger partial charge in [0.25, 0.3) is 0 Å². The van der Waals surface area contributed by atoms with Crippen molar-refractivity contribution >= 4 is 28.3 Å². The van der Waals surface area contributed by atoms with Crippen LogP contribution in [0.15, 0.2) is 48.5 Å². The van der Waals surface area contributed by atoms with Gasteiger partial charge in [0.05, 0.1) is 11.6 Å². The molecule has 0 aliphatic rings. The zero-order chi connectivity index (χ0) is 13.0. The highest BCUT2D eigenvalue weighted by atomic mass is 127. The van der Waals surface area contributed by atoms with Crippen LogP contribution in [-0.2, 0) is 0 Å². The highest BCUT2D eigenvalue weighted by Crippen LogP contribution is 2.23. The van der Waals surface area contributed by atoms with Crippen LogP contribution in [0.5, 0.6) is 0 Å². The van der Waals surface area contributed by atoms with Crippen molar-refractivity contribution < 1.29 is 0 Å². The van der Waals surface area contributed by atoms with E-state index in [4.69, 9.17) is 5.26 Å². The van der Waals surface area contributed by atoms with Crippen LogP contribution in [0, 0.1) is 14.9 Å². The Morgan fingerprint density at radius 2 is 1.94 bits per heavy atom. The van der Waals surface area contributed by atoms with Gasteiger partial charge in [-0.05, 0) is 59.3 Å². The lowest BCUT2D eigenvalue weighted by atomic mass is 10.1. The largest absolute Gasteiger partial charge is 0.378 e. The zero-order valence-electron chi connectivity index (χ0n) is 10.0. The van der Waals surface area contributed by atoms with Crippen molar-refractivity contribution in [1.82, 2.24) is 0 Å². The molecule has 0 saturated carbocycles. The summed E-state index contributed by atoms with van der Waals surface area (Å²) >= 11 is 2.31. The van der Waals surface area contributed by atoms with Crippen molar-refractivity contribution in [3.8, 4) is 6.07 Å². The van der Waals surface area contributed by atoms with Gasteiger partial charge in [0.15, 0.2) is 0 Å². The Morgan fingerprint density at radius 3 is 2.67 bits per heavy atom. The number of nitrogens with one attached hydrogen (secondary N) is 1. The van der Waals surface area contributed by atoms with E-state index in [1.54, 1.807) is 0 Å². The average Bonchev–Trinajstić information content (AvgIpc) is 2.41. The quantitative estimate of drug-likeness (QED) is 0.838. The molecule has 1 unspecified atom stereocenters. The van der Waals surface area contributed by atoms with E-state index in [2.05, 4.69) is 53.0 Å². The van der Waals surface area contributed by atoms with Crippen LogP contribution in [0.25, 0.3) is 0 Å². The fraction of sp³-hybridized carbons (Fsp3) is 0.133. The number of para-hydroxylation sites is 1. The van der Waals surface area contributed by atoms with Crippen molar-refractivity contribution in [3.63, 3.8) is 0 Å². The maximum absolute atomic E-state index is 8.91. The third-order valence-electron chi connectivity index (χ3n) is 2.76. The molecule has 0 aliphatic heterocycles. The summed E-state index contributed by atoms with van der Waals surface area (Å²) in [5, 5.41) is 12.4. The van der Waals surface area contributed by atoms with E-state index in [0.717, 1.165) is 11.3 Å². The van der Waals surface area contributed by atoms with Gasteiger partial charge < -0.3 is 5.32 Å². The molecular formula is C15H13IN2. The van der Waals surface area contributed by atoms with Crippen molar-refractivity contribution in [1.29, 1.82) is 5.26 Å². The SMILES string of the molecule is CC(Nc1ccccc1I)c1cccc(C#N)c1. The number of hydrogen-bond acceptors (Lipinski definition) is 2. The maximum atomic E-state index is 8.91. The second-order valence-corrected chi connectivity index (χ2v) is 5.25. The Labute approximate surface area is 121 Å². The number of rotatable bonds is 3. The van der Waals surface area contributed by atoms with Crippen LogP contribution in [0.1, 0.15) is 24.1 Å². The molecule has 2 nitrogen and oxygen atoms in total. The van der Waals surface area contributed by atoms with Crippen LogP contribution >= 0.6 is 22.6 Å². The van der Waals surface area contributed by atoms with Gasteiger partial charge in [-0.2, -0.15) is 5.26 Å². The smallest absolute Gasteiger partial charge is 0.0991 e. The Morgan fingerprint density at radius 1 is 1.17 bits per heavy atom. The molecule has 0 bridgehead atoms. The van der Waals surface area contributed by atoms with Gasteiger partial charge in [-0.15, -0.1) is 0 Å². The summed E-state index contributed by atoms with van der Waals surface area (Å²) < 4.78 is 1.19. The molecule has 0 fully saturated rings. The van der Waals surface area contributed by atoms with E-state index in [1.165, 1.54) is 3.57 Å².